The number of nitrogens with two attached hydrogens (primary N) is 1. The molecule has 2 aromatic rings. The van der Waals surface area contributed by atoms with Crippen molar-refractivity contribution < 1.29 is 4.74 Å². The van der Waals surface area contributed by atoms with Crippen LogP contribution in [0.15, 0.2) is 52.1 Å². The molecule has 2 rings (SSSR count). The Morgan fingerprint density at radius 1 is 1.25 bits per heavy atom. The standard InChI is InChI=1S/C15H17BrN2OS/c16-14-6-2-7-18-15(14)20-9-3-8-19-13-5-1-4-12(10-13)11-17/h1-2,4-7,10H,3,8-9,11,17H2. The van der Waals surface area contributed by atoms with Crippen LogP contribution >= 0.6 is 27.7 Å². The van der Waals surface area contributed by atoms with Gasteiger partial charge in [0, 0.05) is 23.0 Å². The number of halogens is 1. The van der Waals surface area contributed by atoms with E-state index >= 15 is 0 Å². The predicted octanol–water partition coefficient (Wildman–Crippen LogP) is 3.86. The number of ether oxygens (including phenoxy) is 1. The van der Waals surface area contributed by atoms with Gasteiger partial charge in [-0.05, 0) is 52.2 Å². The smallest absolute Gasteiger partial charge is 0.119 e. The maximum absolute atomic E-state index is 5.72. The van der Waals surface area contributed by atoms with Crippen molar-refractivity contribution in [1.82, 2.24) is 4.98 Å². The predicted molar refractivity (Wildman–Crippen MR) is 87.1 cm³/mol. The quantitative estimate of drug-likeness (QED) is 0.607. The minimum atomic E-state index is 0.542. The van der Waals surface area contributed by atoms with Crippen LogP contribution in [0.3, 0.4) is 0 Å². The van der Waals surface area contributed by atoms with Crippen LogP contribution in [0.5, 0.6) is 5.75 Å². The Bertz CT molecular complexity index is 551. The van der Waals surface area contributed by atoms with Crippen molar-refractivity contribution in [3.8, 4) is 5.75 Å². The molecule has 1 aromatic carbocycles. The van der Waals surface area contributed by atoms with Gasteiger partial charge in [0.2, 0.25) is 0 Å². The molecule has 0 bridgehead atoms. The highest BCUT2D eigenvalue weighted by Gasteiger charge is 2.01. The zero-order chi connectivity index (χ0) is 14.2. The van der Waals surface area contributed by atoms with Gasteiger partial charge in [0.05, 0.1) is 6.61 Å². The number of hydrogen-bond donors (Lipinski definition) is 1. The van der Waals surface area contributed by atoms with Crippen molar-refractivity contribution in [3.05, 3.63) is 52.6 Å². The number of benzene rings is 1. The van der Waals surface area contributed by atoms with Gasteiger partial charge in [-0.15, -0.1) is 11.8 Å². The van der Waals surface area contributed by atoms with Gasteiger partial charge in [0.25, 0.3) is 0 Å². The van der Waals surface area contributed by atoms with Crippen LogP contribution in [-0.4, -0.2) is 17.3 Å². The first-order chi connectivity index (χ1) is 9.79. The van der Waals surface area contributed by atoms with Crippen molar-refractivity contribution in [2.24, 2.45) is 5.73 Å². The van der Waals surface area contributed by atoms with Crippen LogP contribution in [0.25, 0.3) is 0 Å². The largest absolute Gasteiger partial charge is 0.494 e. The minimum Gasteiger partial charge on any atom is -0.494 e. The van der Waals surface area contributed by atoms with E-state index in [9.17, 15) is 0 Å². The molecule has 106 valence electrons. The van der Waals surface area contributed by atoms with Gasteiger partial charge in [-0.3, -0.25) is 0 Å². The van der Waals surface area contributed by atoms with Crippen LogP contribution < -0.4 is 10.5 Å². The molecule has 0 unspecified atom stereocenters. The lowest BCUT2D eigenvalue weighted by Gasteiger charge is -2.07. The average Bonchev–Trinajstić information content (AvgIpc) is 2.49. The number of pyridine rings is 1. The molecule has 20 heavy (non-hydrogen) atoms. The molecule has 0 aliphatic heterocycles. The summed E-state index contributed by atoms with van der Waals surface area (Å²) < 4.78 is 6.76. The molecule has 0 saturated carbocycles. The van der Waals surface area contributed by atoms with E-state index in [0.717, 1.165) is 33.0 Å². The molecular formula is C15H17BrN2OS. The van der Waals surface area contributed by atoms with Crippen LogP contribution in [0.2, 0.25) is 0 Å². The summed E-state index contributed by atoms with van der Waals surface area (Å²) in [4.78, 5) is 4.32. The third kappa shape index (κ3) is 4.81. The highest BCUT2D eigenvalue weighted by molar-refractivity contribution is 9.10. The third-order valence-corrected chi connectivity index (χ3v) is 4.65. The van der Waals surface area contributed by atoms with Gasteiger partial charge >= 0.3 is 0 Å². The Morgan fingerprint density at radius 2 is 2.15 bits per heavy atom. The second-order valence-corrected chi connectivity index (χ2v) is 6.13. The van der Waals surface area contributed by atoms with Crippen LogP contribution in [0.4, 0.5) is 0 Å². The van der Waals surface area contributed by atoms with E-state index in [0.29, 0.717) is 13.2 Å². The van der Waals surface area contributed by atoms with E-state index in [1.165, 1.54) is 0 Å². The second-order valence-electron chi connectivity index (χ2n) is 4.19. The maximum atomic E-state index is 5.72. The molecule has 2 N–H and O–H groups in total. The summed E-state index contributed by atoms with van der Waals surface area (Å²) in [7, 11) is 0. The van der Waals surface area contributed by atoms with Gasteiger partial charge in [-0.2, -0.15) is 0 Å². The van der Waals surface area contributed by atoms with Crippen molar-refractivity contribution in [3.63, 3.8) is 0 Å². The Labute approximate surface area is 132 Å². The molecule has 0 aliphatic rings. The van der Waals surface area contributed by atoms with E-state index in [2.05, 4.69) is 20.9 Å². The highest BCUT2D eigenvalue weighted by atomic mass is 79.9. The fourth-order valence-electron chi connectivity index (χ4n) is 1.66. The molecule has 0 atom stereocenters. The van der Waals surface area contributed by atoms with Gasteiger partial charge in [-0.25, -0.2) is 4.98 Å². The molecule has 0 saturated heterocycles. The molecule has 1 heterocycles. The van der Waals surface area contributed by atoms with Gasteiger partial charge in [0.1, 0.15) is 10.8 Å². The van der Waals surface area contributed by atoms with E-state index in [1.54, 1.807) is 11.8 Å². The topological polar surface area (TPSA) is 48.1 Å². The summed E-state index contributed by atoms with van der Waals surface area (Å²) in [5, 5.41) is 1.03. The van der Waals surface area contributed by atoms with E-state index in [4.69, 9.17) is 10.5 Å². The lowest BCUT2D eigenvalue weighted by atomic mass is 10.2. The SMILES string of the molecule is NCc1cccc(OCCCSc2ncccc2Br)c1. The summed E-state index contributed by atoms with van der Waals surface area (Å²) in [6.45, 7) is 1.24. The lowest BCUT2D eigenvalue weighted by Crippen LogP contribution is -2.01. The Hall–Kier alpha value is -1.04. The molecule has 1 aromatic heterocycles. The first-order valence-electron chi connectivity index (χ1n) is 6.44. The fraction of sp³-hybridized carbons (Fsp3) is 0.267. The number of rotatable bonds is 7. The van der Waals surface area contributed by atoms with Crippen molar-refractivity contribution in [2.45, 2.75) is 18.0 Å². The molecule has 0 aliphatic carbocycles. The molecule has 0 fully saturated rings. The monoisotopic (exact) mass is 352 g/mol. The van der Waals surface area contributed by atoms with Crippen LogP contribution in [0.1, 0.15) is 12.0 Å². The third-order valence-electron chi connectivity index (χ3n) is 2.66. The number of nitrogens with zero attached hydrogens (tertiary/aromatic N) is 1. The molecule has 3 nitrogen and oxygen atoms in total. The zero-order valence-electron chi connectivity index (χ0n) is 11.1. The number of hydrogen-bond acceptors (Lipinski definition) is 4. The normalized spacial score (nSPS) is 10.5. The molecule has 0 amide bonds. The average molecular weight is 353 g/mol. The Balaban J connectivity index is 1.70. The van der Waals surface area contributed by atoms with Crippen molar-refractivity contribution in [2.75, 3.05) is 12.4 Å². The van der Waals surface area contributed by atoms with Crippen LogP contribution in [0, 0.1) is 0 Å². The summed E-state index contributed by atoms with van der Waals surface area (Å²) in [5.41, 5.74) is 6.70. The zero-order valence-corrected chi connectivity index (χ0v) is 13.5. The van der Waals surface area contributed by atoms with E-state index in [1.807, 2.05) is 42.6 Å². The second kappa shape index (κ2) is 8.29. The number of thioether (sulfide) groups is 1. The Morgan fingerprint density at radius 3 is 2.95 bits per heavy atom. The Kier molecular flexibility index (Phi) is 6.36. The molecule has 0 spiro atoms. The summed E-state index contributed by atoms with van der Waals surface area (Å²) in [6, 6.07) is 11.8. The van der Waals surface area contributed by atoms with Crippen molar-refractivity contribution in [1.29, 1.82) is 0 Å². The van der Waals surface area contributed by atoms with E-state index < -0.39 is 0 Å². The summed E-state index contributed by atoms with van der Waals surface area (Å²) in [6.07, 6.45) is 2.78. The summed E-state index contributed by atoms with van der Waals surface area (Å²) in [5.74, 6) is 1.86. The summed E-state index contributed by atoms with van der Waals surface area (Å²) >= 11 is 5.22. The first-order valence-corrected chi connectivity index (χ1v) is 8.22. The minimum absolute atomic E-state index is 0.542. The first kappa shape index (κ1) is 15.4. The van der Waals surface area contributed by atoms with Gasteiger partial charge < -0.3 is 10.5 Å². The maximum Gasteiger partial charge on any atom is 0.119 e. The fourth-order valence-corrected chi connectivity index (χ4v) is 3.05. The molecular weight excluding hydrogens is 336 g/mol. The van der Waals surface area contributed by atoms with Gasteiger partial charge in [0.15, 0.2) is 0 Å². The van der Waals surface area contributed by atoms with Crippen molar-refractivity contribution >= 4 is 27.7 Å². The number of aromatic nitrogens is 1. The van der Waals surface area contributed by atoms with Crippen LogP contribution in [-0.2, 0) is 6.54 Å². The highest BCUT2D eigenvalue weighted by Crippen LogP contribution is 2.25. The van der Waals surface area contributed by atoms with E-state index in [-0.39, 0.29) is 0 Å². The van der Waals surface area contributed by atoms with Gasteiger partial charge in [-0.1, -0.05) is 12.1 Å². The lowest BCUT2D eigenvalue weighted by molar-refractivity contribution is 0.318. The molecule has 5 heteroatoms. The molecule has 0 radical (unpaired) electrons.